The molecule has 0 aliphatic heterocycles. The highest BCUT2D eigenvalue weighted by molar-refractivity contribution is 9.58. The van der Waals surface area contributed by atoms with Crippen molar-refractivity contribution in [3.63, 3.8) is 0 Å². The number of thiol groups is 2. The van der Waals surface area contributed by atoms with E-state index in [0.717, 1.165) is 0 Å². The van der Waals surface area contributed by atoms with Crippen molar-refractivity contribution in [1.82, 2.24) is 0 Å². The Kier molecular flexibility index (Phi) is 35.1. The molecule has 0 spiro atoms. The summed E-state index contributed by atoms with van der Waals surface area (Å²) < 4.78 is 0. The Morgan fingerprint density at radius 3 is 0.550 bits per heavy atom. The molecule has 0 aliphatic carbocycles. The SMILES string of the molecule is SSSSSSSSSSSSSSSSSSSS. The molecule has 0 aromatic rings. The van der Waals surface area contributed by atoms with Crippen molar-refractivity contribution >= 4 is 200 Å². The lowest BCUT2D eigenvalue weighted by Crippen LogP contribution is -1.33. The molecule has 0 aliphatic rings. The van der Waals surface area contributed by atoms with Crippen molar-refractivity contribution in [2.24, 2.45) is 0 Å². The van der Waals surface area contributed by atoms with Gasteiger partial charge in [0.25, 0.3) is 0 Å². The first-order valence-electron chi connectivity index (χ1n) is 3.20. The van der Waals surface area contributed by atoms with Gasteiger partial charge in [-0.25, -0.2) is 0 Å². The van der Waals surface area contributed by atoms with Gasteiger partial charge in [0.1, 0.15) is 0 Å². The van der Waals surface area contributed by atoms with Crippen LogP contribution in [0.15, 0.2) is 0 Å². The zero-order valence-corrected chi connectivity index (χ0v) is 24.7. The van der Waals surface area contributed by atoms with E-state index in [4.69, 9.17) is 0 Å². The Morgan fingerprint density at radius 1 is 0.250 bits per heavy atom. The zero-order valence-electron chi connectivity index (χ0n) is 8.24. The highest BCUT2D eigenvalue weighted by atomic mass is 34.1. The van der Waals surface area contributed by atoms with Gasteiger partial charge in [-0.1, -0.05) is 23.3 Å². The lowest BCUT2D eigenvalue weighted by Gasteiger charge is -1.98. The summed E-state index contributed by atoms with van der Waals surface area (Å²) in [5.74, 6) is 0. The predicted octanol–water partition coefficient (Wildman–Crippen LogP) is 12.4. The van der Waals surface area contributed by atoms with Crippen LogP contribution in [0.4, 0.5) is 0 Å². The van der Waals surface area contributed by atoms with Crippen LogP contribution >= 0.6 is 200 Å². The fourth-order valence-corrected chi connectivity index (χ4v) is 44.6. The van der Waals surface area contributed by atoms with Crippen molar-refractivity contribution in [3.05, 3.63) is 0 Å². The molecule has 20 heteroatoms. The van der Waals surface area contributed by atoms with E-state index in [1.807, 2.05) is 19.7 Å². The quantitative estimate of drug-likeness (QED) is 0.0876. The van der Waals surface area contributed by atoms with Crippen molar-refractivity contribution in [2.75, 3.05) is 0 Å². The summed E-state index contributed by atoms with van der Waals surface area (Å²) in [6, 6.07) is 0. The molecule has 0 unspecified atom stereocenters. The maximum Gasteiger partial charge on any atom is 0 e. The van der Waals surface area contributed by atoms with Crippen molar-refractivity contribution in [1.29, 1.82) is 0 Å². The molecular formula is H2S20. The minimum absolute atomic E-state index is 1.48. The average Bonchev–Trinajstić information content (AvgIpc) is 2.47. The Labute approximate surface area is 195 Å². The molecule has 0 heterocycles. The topological polar surface area (TPSA) is 0 Å². The third kappa shape index (κ3) is 25.0. The minimum Gasteiger partial charge on any atom is -0.0988 e. The largest absolute Gasteiger partial charge is 0.0988 e. The second-order valence-electron chi connectivity index (χ2n) is 1.24. The lowest BCUT2D eigenvalue weighted by atomic mass is 30.1. The van der Waals surface area contributed by atoms with Crippen molar-refractivity contribution < 1.29 is 0 Å². The fourth-order valence-electron chi connectivity index (χ4n) is 0.184. The second kappa shape index (κ2) is 26.0. The van der Waals surface area contributed by atoms with E-state index in [1.54, 1.807) is 138 Å². The number of hydrogen-bond donors (Lipinski definition) is 2. The summed E-state index contributed by atoms with van der Waals surface area (Å²) in [7, 11) is 31.4. The Balaban J connectivity index is 2.89. The number of hydrogen-bond acceptors (Lipinski definition) is 20. The van der Waals surface area contributed by atoms with E-state index < -0.39 is 0 Å². The van der Waals surface area contributed by atoms with Crippen LogP contribution in [0.3, 0.4) is 0 Å². The summed E-state index contributed by atoms with van der Waals surface area (Å²) >= 11 is 8.09. The molecule has 122 valence electrons. The van der Waals surface area contributed by atoms with Crippen molar-refractivity contribution in [3.8, 4) is 0 Å². The van der Waals surface area contributed by atoms with E-state index >= 15 is 0 Å². The van der Waals surface area contributed by atoms with Crippen LogP contribution in [-0.4, -0.2) is 0 Å². The van der Waals surface area contributed by atoms with Crippen molar-refractivity contribution in [2.45, 2.75) is 0 Å². The first-order valence-corrected chi connectivity index (χ1v) is 28.8. The minimum atomic E-state index is 1.48. The van der Waals surface area contributed by atoms with Crippen LogP contribution < -0.4 is 0 Å². The van der Waals surface area contributed by atoms with Crippen LogP contribution in [0.1, 0.15) is 0 Å². The summed E-state index contributed by atoms with van der Waals surface area (Å²) in [5, 5.41) is 0. The van der Waals surface area contributed by atoms with Gasteiger partial charge in [0, 0.05) is 19.7 Å². The molecular weight excluding hydrogens is 641 g/mol. The lowest BCUT2D eigenvalue weighted by molar-refractivity contribution is 5.61. The van der Waals surface area contributed by atoms with Crippen LogP contribution in [0.25, 0.3) is 0 Å². The van der Waals surface area contributed by atoms with E-state index in [0.29, 0.717) is 0 Å². The van der Waals surface area contributed by atoms with Gasteiger partial charge in [0.05, 0.1) is 0 Å². The smallest absolute Gasteiger partial charge is 0 e. The average molecular weight is 643 g/mol. The highest BCUT2D eigenvalue weighted by Crippen LogP contribution is 2.64. The molecule has 0 saturated carbocycles. The fraction of sp³-hybridized carbons (Fsp3) is 0. The van der Waals surface area contributed by atoms with E-state index in [9.17, 15) is 0 Å². The van der Waals surface area contributed by atoms with Gasteiger partial charge in [-0.15, -0.1) is 0 Å². The summed E-state index contributed by atoms with van der Waals surface area (Å²) in [6.07, 6.45) is 0. The Hall–Kier alpha value is 7.00. The zero-order chi connectivity index (χ0) is 14.7. The molecule has 0 saturated heterocycles. The normalized spacial score (nSPS) is 11.1. The molecule has 0 atom stereocenters. The second-order valence-corrected chi connectivity index (χ2v) is 33.4. The summed E-state index contributed by atoms with van der Waals surface area (Å²) in [6.45, 7) is 0. The first kappa shape index (κ1) is 27.0. The van der Waals surface area contributed by atoms with Crippen LogP contribution in [0.2, 0.25) is 0 Å². The number of rotatable bonds is 17. The molecule has 0 rings (SSSR count). The van der Waals surface area contributed by atoms with Gasteiger partial charge in [0.15, 0.2) is 0 Å². The maximum atomic E-state index is 4.05. The van der Waals surface area contributed by atoms with E-state index in [-0.39, 0.29) is 0 Å². The van der Waals surface area contributed by atoms with E-state index in [2.05, 4.69) is 23.3 Å². The van der Waals surface area contributed by atoms with Crippen LogP contribution in [0, 0.1) is 0 Å². The molecule has 0 fully saturated rings. The van der Waals surface area contributed by atoms with Gasteiger partial charge in [-0.3, -0.25) is 0 Å². The Bertz CT molecular complexity index is 132. The predicted molar refractivity (Wildman–Crippen MR) is 155 cm³/mol. The molecule has 0 radical (unpaired) electrons. The molecule has 0 aromatic heterocycles. The summed E-state index contributed by atoms with van der Waals surface area (Å²) in [4.78, 5) is 0. The molecule has 0 bridgehead atoms. The van der Waals surface area contributed by atoms with Gasteiger partial charge in [-0.2, -0.15) is 0 Å². The first-order chi connectivity index (χ1) is 9.91. The van der Waals surface area contributed by atoms with E-state index in [1.165, 1.54) is 19.7 Å². The third-order valence-corrected chi connectivity index (χ3v) is 38.7. The highest BCUT2D eigenvalue weighted by Gasteiger charge is 1.99. The maximum absolute atomic E-state index is 4.05. The molecule has 0 aromatic carbocycles. The third-order valence-electron chi connectivity index (χ3n) is 0.478. The molecule has 0 N–H and O–H groups in total. The monoisotopic (exact) mass is 641 g/mol. The molecule has 20 heavy (non-hydrogen) atoms. The van der Waals surface area contributed by atoms with Gasteiger partial charge in [-0.05, 0) is 157 Å². The van der Waals surface area contributed by atoms with Crippen LogP contribution in [-0.2, 0) is 0 Å². The Morgan fingerprint density at radius 2 is 0.400 bits per heavy atom. The van der Waals surface area contributed by atoms with Gasteiger partial charge in [0.2, 0.25) is 0 Å². The van der Waals surface area contributed by atoms with Gasteiger partial charge < -0.3 is 0 Å². The van der Waals surface area contributed by atoms with Gasteiger partial charge >= 0.3 is 0 Å². The standard InChI is InChI=1S/H2S20/c1-3-5-7-9-11-13-15-17-19-20-18-16-14-12-10-8-6-4-2/h1-2H. The van der Waals surface area contributed by atoms with Crippen LogP contribution in [0.5, 0.6) is 0 Å². The molecule has 0 amide bonds. The molecule has 0 nitrogen and oxygen atoms in total. The summed E-state index contributed by atoms with van der Waals surface area (Å²) in [5.41, 5.74) is 0.